The van der Waals surface area contributed by atoms with Gasteiger partial charge in [-0.3, -0.25) is 9.59 Å². The van der Waals surface area contributed by atoms with E-state index in [0.29, 0.717) is 48.2 Å². The van der Waals surface area contributed by atoms with E-state index < -0.39 is 0 Å². The molecule has 0 radical (unpaired) electrons. The smallest absolute Gasteiger partial charge is 0.253 e. The van der Waals surface area contributed by atoms with Gasteiger partial charge in [-0.15, -0.1) is 0 Å². The lowest BCUT2D eigenvalue weighted by Gasteiger charge is -2.43. The zero-order valence-electron chi connectivity index (χ0n) is 18.5. The summed E-state index contributed by atoms with van der Waals surface area (Å²) in [7, 11) is 0. The van der Waals surface area contributed by atoms with E-state index in [9.17, 15) is 9.59 Å². The highest BCUT2D eigenvalue weighted by Crippen LogP contribution is 2.41. The molecule has 2 amide bonds. The molecule has 1 aromatic carbocycles. The Morgan fingerprint density at radius 1 is 1.15 bits per heavy atom. The molecule has 2 N–H and O–H groups in total. The maximum Gasteiger partial charge on any atom is 0.253 e. The Balaban J connectivity index is 1.34. The summed E-state index contributed by atoms with van der Waals surface area (Å²) >= 11 is 0. The molecule has 34 heavy (non-hydrogen) atoms. The molecular weight excluding hydrogens is 434 g/mol. The van der Waals surface area contributed by atoms with E-state index in [1.165, 1.54) is 6.08 Å². The van der Waals surface area contributed by atoms with Crippen LogP contribution in [0.2, 0.25) is 0 Å². The highest BCUT2D eigenvalue weighted by Gasteiger charge is 2.44. The Kier molecular flexibility index (Phi) is 4.65. The van der Waals surface area contributed by atoms with E-state index in [2.05, 4.69) is 21.9 Å². The summed E-state index contributed by atoms with van der Waals surface area (Å²) in [5.41, 5.74) is 3.57. The molecule has 0 saturated carbocycles. The van der Waals surface area contributed by atoms with Crippen LogP contribution in [0.15, 0.2) is 49.2 Å². The molecule has 3 aliphatic rings. The lowest BCUT2D eigenvalue weighted by molar-refractivity contribution is -0.127. The minimum atomic E-state index is -0.243. The monoisotopic (exact) mass is 457 g/mol. The summed E-state index contributed by atoms with van der Waals surface area (Å²) in [6, 6.07) is 9.29. The molecule has 9 nitrogen and oxygen atoms in total. The Bertz CT molecular complexity index is 1320. The number of nitrogens with one attached hydrogen (secondary N) is 2. The van der Waals surface area contributed by atoms with Gasteiger partial charge in [-0.2, -0.15) is 0 Å². The predicted octanol–water partition coefficient (Wildman–Crippen LogP) is 2.66. The molecule has 3 aromatic rings. The van der Waals surface area contributed by atoms with Crippen LogP contribution in [-0.2, 0) is 10.2 Å². The fourth-order valence-electron chi connectivity index (χ4n) is 5.02. The lowest BCUT2D eigenvalue weighted by Crippen LogP contribution is -2.53. The van der Waals surface area contributed by atoms with Gasteiger partial charge in [0, 0.05) is 42.5 Å². The SMILES string of the molecule is C=CC(=O)N1CCC2(CC1)CNC(=O)c1cc(-c3ccnc(-c4ccc5c(c4)OCO5)n3)[nH]c12. The summed E-state index contributed by atoms with van der Waals surface area (Å²) < 4.78 is 10.9. The van der Waals surface area contributed by atoms with Gasteiger partial charge in [0.25, 0.3) is 5.91 Å². The largest absolute Gasteiger partial charge is 0.454 e. The molecule has 1 spiro atoms. The quantitative estimate of drug-likeness (QED) is 0.586. The number of nitrogens with zero attached hydrogens (tertiary/aromatic N) is 3. The van der Waals surface area contributed by atoms with Crippen molar-refractivity contribution in [1.29, 1.82) is 0 Å². The zero-order valence-corrected chi connectivity index (χ0v) is 18.5. The normalized spacial score (nSPS) is 17.9. The molecule has 3 aliphatic heterocycles. The van der Waals surface area contributed by atoms with Crippen molar-refractivity contribution in [1.82, 2.24) is 25.2 Å². The highest BCUT2D eigenvalue weighted by atomic mass is 16.7. The Morgan fingerprint density at radius 2 is 1.97 bits per heavy atom. The number of piperidine rings is 1. The zero-order chi connectivity index (χ0) is 23.3. The summed E-state index contributed by atoms with van der Waals surface area (Å²) in [5.74, 6) is 1.77. The third kappa shape index (κ3) is 3.23. The van der Waals surface area contributed by atoms with E-state index in [1.54, 1.807) is 11.1 Å². The number of aromatic nitrogens is 3. The fourth-order valence-corrected chi connectivity index (χ4v) is 5.02. The lowest BCUT2D eigenvalue weighted by atomic mass is 9.72. The van der Waals surface area contributed by atoms with Crippen molar-refractivity contribution in [2.24, 2.45) is 0 Å². The van der Waals surface area contributed by atoms with Crippen molar-refractivity contribution < 1.29 is 19.1 Å². The van der Waals surface area contributed by atoms with Crippen molar-refractivity contribution in [3.63, 3.8) is 0 Å². The van der Waals surface area contributed by atoms with Crippen LogP contribution >= 0.6 is 0 Å². The third-order valence-corrected chi connectivity index (χ3v) is 6.95. The van der Waals surface area contributed by atoms with Crippen LogP contribution in [0.25, 0.3) is 22.8 Å². The molecule has 0 unspecified atom stereocenters. The van der Waals surface area contributed by atoms with Gasteiger partial charge in [0.1, 0.15) is 0 Å². The van der Waals surface area contributed by atoms with Crippen molar-refractivity contribution in [2.45, 2.75) is 18.3 Å². The van der Waals surface area contributed by atoms with Crippen LogP contribution in [0.5, 0.6) is 11.5 Å². The van der Waals surface area contributed by atoms with Gasteiger partial charge < -0.3 is 24.7 Å². The third-order valence-electron chi connectivity index (χ3n) is 6.95. The average Bonchev–Trinajstić information content (AvgIpc) is 3.54. The molecule has 6 rings (SSSR count). The number of hydrogen-bond donors (Lipinski definition) is 2. The van der Waals surface area contributed by atoms with E-state index in [-0.39, 0.29) is 24.0 Å². The summed E-state index contributed by atoms with van der Waals surface area (Å²) in [4.78, 5) is 39.2. The number of carbonyl (C=O) groups is 2. The number of ether oxygens (including phenoxy) is 2. The molecule has 0 atom stereocenters. The fraction of sp³-hybridized carbons (Fsp3) is 0.280. The van der Waals surface area contributed by atoms with E-state index in [4.69, 9.17) is 14.5 Å². The minimum Gasteiger partial charge on any atom is -0.454 e. The van der Waals surface area contributed by atoms with Crippen LogP contribution in [0, 0.1) is 0 Å². The Hall–Kier alpha value is -4.14. The topological polar surface area (TPSA) is 109 Å². The molecule has 1 saturated heterocycles. The van der Waals surface area contributed by atoms with Gasteiger partial charge in [-0.05, 0) is 49.2 Å². The minimum absolute atomic E-state index is 0.0564. The standard InChI is InChI=1S/C25H23N5O4/c1-2-21(31)30-9-6-25(7-10-30)13-27-24(32)16-12-18(28-22(16)25)17-5-8-26-23(29-17)15-3-4-19-20(11-15)34-14-33-19/h2-5,8,11-12,28H,1,6-7,9-10,13-14H2,(H,27,32). The van der Waals surface area contributed by atoms with Crippen LogP contribution in [0.1, 0.15) is 28.9 Å². The van der Waals surface area contributed by atoms with Crippen molar-refractivity contribution in [2.75, 3.05) is 26.4 Å². The second kappa shape index (κ2) is 7.72. The van der Waals surface area contributed by atoms with Crippen LogP contribution in [0.4, 0.5) is 0 Å². The number of aromatic amines is 1. The number of amides is 2. The number of hydrogen-bond acceptors (Lipinski definition) is 6. The van der Waals surface area contributed by atoms with Crippen molar-refractivity contribution >= 4 is 11.8 Å². The average molecular weight is 457 g/mol. The molecule has 5 heterocycles. The first-order valence-corrected chi connectivity index (χ1v) is 11.2. The highest BCUT2D eigenvalue weighted by molar-refractivity contribution is 5.98. The number of H-pyrrole nitrogens is 1. The molecule has 9 heteroatoms. The Morgan fingerprint density at radius 3 is 2.79 bits per heavy atom. The van der Waals surface area contributed by atoms with E-state index in [0.717, 1.165) is 29.8 Å². The van der Waals surface area contributed by atoms with Gasteiger partial charge in [0.15, 0.2) is 17.3 Å². The van der Waals surface area contributed by atoms with Crippen LogP contribution < -0.4 is 14.8 Å². The number of benzene rings is 1. The van der Waals surface area contributed by atoms with E-state index >= 15 is 0 Å². The van der Waals surface area contributed by atoms with Crippen LogP contribution in [0.3, 0.4) is 0 Å². The van der Waals surface area contributed by atoms with E-state index in [1.807, 2.05) is 30.3 Å². The molecule has 2 aromatic heterocycles. The van der Waals surface area contributed by atoms with Crippen molar-refractivity contribution in [3.05, 3.63) is 60.4 Å². The van der Waals surface area contributed by atoms with Gasteiger partial charge in [0.05, 0.1) is 17.0 Å². The molecular formula is C25H23N5O4. The number of fused-ring (bicyclic) bond motifs is 3. The van der Waals surface area contributed by atoms with Gasteiger partial charge >= 0.3 is 0 Å². The maximum atomic E-state index is 12.7. The first kappa shape index (κ1) is 20.5. The van der Waals surface area contributed by atoms with Crippen molar-refractivity contribution in [3.8, 4) is 34.3 Å². The Labute approximate surface area is 195 Å². The van der Waals surface area contributed by atoms with Gasteiger partial charge in [0.2, 0.25) is 12.7 Å². The molecule has 172 valence electrons. The first-order valence-electron chi connectivity index (χ1n) is 11.2. The van der Waals surface area contributed by atoms with Gasteiger partial charge in [-0.1, -0.05) is 6.58 Å². The molecule has 0 bridgehead atoms. The first-order chi connectivity index (χ1) is 16.6. The van der Waals surface area contributed by atoms with Gasteiger partial charge in [-0.25, -0.2) is 9.97 Å². The second-order valence-electron chi connectivity index (χ2n) is 8.80. The second-order valence-corrected chi connectivity index (χ2v) is 8.80. The number of rotatable bonds is 3. The summed E-state index contributed by atoms with van der Waals surface area (Å²) in [6.07, 6.45) is 4.57. The molecule has 1 fully saturated rings. The molecule has 0 aliphatic carbocycles. The number of likely N-dealkylation sites (tertiary alicyclic amines) is 1. The van der Waals surface area contributed by atoms with Crippen LogP contribution in [-0.4, -0.2) is 58.1 Å². The maximum absolute atomic E-state index is 12.7. The predicted molar refractivity (Wildman–Crippen MR) is 123 cm³/mol. The summed E-state index contributed by atoms with van der Waals surface area (Å²) in [5, 5.41) is 3.04. The number of carbonyl (C=O) groups excluding carboxylic acids is 2. The summed E-state index contributed by atoms with van der Waals surface area (Å²) in [6.45, 7) is 5.58.